The van der Waals surface area contributed by atoms with Crippen molar-refractivity contribution in [2.75, 3.05) is 18.5 Å². The van der Waals surface area contributed by atoms with Crippen LogP contribution < -0.4 is 14.8 Å². The Morgan fingerprint density at radius 3 is 2.52 bits per heavy atom. The van der Waals surface area contributed by atoms with Gasteiger partial charge in [0.15, 0.2) is 18.1 Å². The van der Waals surface area contributed by atoms with E-state index in [0.29, 0.717) is 29.4 Å². The molecule has 2 aromatic carbocycles. The number of benzene rings is 2. The van der Waals surface area contributed by atoms with Crippen LogP contribution in [-0.4, -0.2) is 19.1 Å². The lowest BCUT2D eigenvalue weighted by Crippen LogP contribution is -2.13. The number of hydrogen-bond donors (Lipinski definition) is 1. The predicted molar refractivity (Wildman–Crippen MR) is 105 cm³/mol. The fourth-order valence-electron chi connectivity index (χ4n) is 2.16. The number of hydrogen-bond acceptors (Lipinski definition) is 5. The van der Waals surface area contributed by atoms with Gasteiger partial charge in [-0.3, -0.25) is 4.79 Å². The summed E-state index contributed by atoms with van der Waals surface area (Å²) in [6, 6.07) is 15.8. The summed E-state index contributed by atoms with van der Waals surface area (Å²) in [4.78, 5) is 12.3. The quantitative estimate of drug-likeness (QED) is 0.526. The molecule has 0 saturated carbocycles. The zero-order valence-electron chi connectivity index (χ0n) is 14.5. The van der Waals surface area contributed by atoms with Crippen LogP contribution in [0.25, 0.3) is 6.08 Å². The number of nitriles is 2. The fraction of sp³-hybridized carbons (Fsp3) is 0.150. The number of nitrogens with zero attached hydrogens (tertiary/aromatic N) is 2. The molecule has 0 heterocycles. The van der Waals surface area contributed by atoms with E-state index in [9.17, 15) is 10.1 Å². The summed E-state index contributed by atoms with van der Waals surface area (Å²) in [6.45, 7) is 2.13. The standard InChI is InChI=1S/C20H16BrN3O3/c1-2-26-19-12-14(3-8-18(19)27-10-9-22)11-15(13-23)20(25)24-17-6-4-16(21)5-7-17/h3-8,11-12H,2,10H2,1H3,(H,24,25)/b15-11-. The lowest BCUT2D eigenvalue weighted by atomic mass is 10.1. The first-order valence-corrected chi connectivity index (χ1v) is 8.82. The van der Waals surface area contributed by atoms with Gasteiger partial charge >= 0.3 is 0 Å². The van der Waals surface area contributed by atoms with Crippen LogP contribution in [0.5, 0.6) is 11.5 Å². The number of carbonyl (C=O) groups is 1. The largest absolute Gasteiger partial charge is 0.490 e. The van der Waals surface area contributed by atoms with E-state index in [4.69, 9.17) is 14.7 Å². The Balaban J connectivity index is 2.24. The molecule has 136 valence electrons. The molecule has 0 saturated heterocycles. The maximum absolute atomic E-state index is 12.3. The highest BCUT2D eigenvalue weighted by Crippen LogP contribution is 2.29. The molecule has 7 heteroatoms. The van der Waals surface area contributed by atoms with Gasteiger partial charge in [0.1, 0.15) is 17.7 Å². The minimum atomic E-state index is -0.511. The fourth-order valence-corrected chi connectivity index (χ4v) is 2.42. The zero-order valence-corrected chi connectivity index (χ0v) is 16.1. The van der Waals surface area contributed by atoms with Gasteiger partial charge in [0.05, 0.1) is 6.61 Å². The van der Waals surface area contributed by atoms with Crippen molar-refractivity contribution in [1.82, 2.24) is 0 Å². The average molecular weight is 426 g/mol. The highest BCUT2D eigenvalue weighted by Gasteiger charge is 2.11. The second kappa shape index (κ2) is 10.0. The van der Waals surface area contributed by atoms with Gasteiger partial charge in [-0.2, -0.15) is 10.5 Å². The van der Waals surface area contributed by atoms with Crippen LogP contribution in [0, 0.1) is 22.7 Å². The number of anilines is 1. The van der Waals surface area contributed by atoms with Gasteiger partial charge in [-0.05, 0) is 55.0 Å². The minimum Gasteiger partial charge on any atom is -0.490 e. The highest BCUT2D eigenvalue weighted by atomic mass is 79.9. The van der Waals surface area contributed by atoms with E-state index in [0.717, 1.165) is 4.47 Å². The van der Waals surface area contributed by atoms with Crippen molar-refractivity contribution in [2.24, 2.45) is 0 Å². The molecule has 0 fully saturated rings. The number of nitrogens with one attached hydrogen (secondary N) is 1. The smallest absolute Gasteiger partial charge is 0.266 e. The molecule has 0 aliphatic rings. The second-order valence-corrected chi connectivity index (χ2v) is 6.13. The van der Waals surface area contributed by atoms with Gasteiger partial charge in [-0.25, -0.2) is 0 Å². The van der Waals surface area contributed by atoms with Gasteiger partial charge in [0, 0.05) is 10.2 Å². The van der Waals surface area contributed by atoms with E-state index in [1.165, 1.54) is 6.08 Å². The Kier molecular flexibility index (Phi) is 7.42. The van der Waals surface area contributed by atoms with E-state index in [1.54, 1.807) is 42.5 Å². The Morgan fingerprint density at radius 1 is 1.15 bits per heavy atom. The van der Waals surface area contributed by atoms with Crippen LogP contribution in [0.2, 0.25) is 0 Å². The van der Waals surface area contributed by atoms with Crippen LogP contribution in [-0.2, 0) is 4.79 Å². The van der Waals surface area contributed by atoms with Crippen LogP contribution in [0.1, 0.15) is 12.5 Å². The molecular weight excluding hydrogens is 410 g/mol. The molecule has 27 heavy (non-hydrogen) atoms. The number of halogens is 1. The first-order valence-electron chi connectivity index (χ1n) is 8.02. The topological polar surface area (TPSA) is 95.1 Å². The number of ether oxygens (including phenoxy) is 2. The molecule has 0 aliphatic heterocycles. The first kappa shape index (κ1) is 20.0. The molecule has 2 rings (SSSR count). The molecule has 6 nitrogen and oxygen atoms in total. The van der Waals surface area contributed by atoms with Crippen molar-refractivity contribution in [3.63, 3.8) is 0 Å². The van der Waals surface area contributed by atoms with Crippen molar-refractivity contribution in [3.8, 4) is 23.6 Å². The molecule has 2 aromatic rings. The van der Waals surface area contributed by atoms with E-state index in [-0.39, 0.29) is 12.2 Å². The molecule has 0 radical (unpaired) electrons. The molecule has 1 N–H and O–H groups in total. The van der Waals surface area contributed by atoms with Gasteiger partial charge in [-0.1, -0.05) is 22.0 Å². The third-order valence-corrected chi connectivity index (χ3v) is 3.87. The molecule has 0 aromatic heterocycles. The van der Waals surface area contributed by atoms with E-state index < -0.39 is 5.91 Å². The maximum atomic E-state index is 12.3. The van der Waals surface area contributed by atoms with Crippen LogP contribution in [0.3, 0.4) is 0 Å². The summed E-state index contributed by atoms with van der Waals surface area (Å²) in [5.74, 6) is 0.350. The van der Waals surface area contributed by atoms with E-state index in [2.05, 4.69) is 21.2 Å². The van der Waals surface area contributed by atoms with Crippen molar-refractivity contribution in [1.29, 1.82) is 10.5 Å². The van der Waals surface area contributed by atoms with E-state index in [1.807, 2.05) is 19.1 Å². The summed E-state index contributed by atoms with van der Waals surface area (Å²) >= 11 is 3.32. The third kappa shape index (κ3) is 5.88. The van der Waals surface area contributed by atoms with Gasteiger partial charge in [0.2, 0.25) is 0 Å². The summed E-state index contributed by atoms with van der Waals surface area (Å²) in [5, 5.41) is 20.7. The van der Waals surface area contributed by atoms with Crippen molar-refractivity contribution < 1.29 is 14.3 Å². The molecule has 0 aliphatic carbocycles. The minimum absolute atomic E-state index is 0.0499. The predicted octanol–water partition coefficient (Wildman–Crippen LogP) is 4.30. The number of amides is 1. The molecule has 0 atom stereocenters. The monoisotopic (exact) mass is 425 g/mol. The molecule has 0 bridgehead atoms. The third-order valence-electron chi connectivity index (χ3n) is 3.34. The Labute approximate surface area is 165 Å². The van der Waals surface area contributed by atoms with Crippen LogP contribution >= 0.6 is 15.9 Å². The zero-order chi connectivity index (χ0) is 19.6. The molecule has 0 unspecified atom stereocenters. The lowest BCUT2D eigenvalue weighted by molar-refractivity contribution is -0.112. The van der Waals surface area contributed by atoms with Crippen LogP contribution in [0.4, 0.5) is 5.69 Å². The average Bonchev–Trinajstić information content (AvgIpc) is 2.67. The normalized spacial score (nSPS) is 10.4. The van der Waals surface area contributed by atoms with Crippen molar-refractivity contribution >= 4 is 33.6 Å². The number of carbonyl (C=O) groups excluding carboxylic acids is 1. The lowest BCUT2D eigenvalue weighted by Gasteiger charge is -2.11. The molecule has 1 amide bonds. The van der Waals surface area contributed by atoms with Gasteiger partial charge in [-0.15, -0.1) is 0 Å². The second-order valence-electron chi connectivity index (χ2n) is 5.22. The summed E-state index contributed by atoms with van der Waals surface area (Å²) in [6.07, 6.45) is 1.46. The van der Waals surface area contributed by atoms with Crippen LogP contribution in [0.15, 0.2) is 52.5 Å². The highest BCUT2D eigenvalue weighted by molar-refractivity contribution is 9.10. The van der Waals surface area contributed by atoms with Gasteiger partial charge < -0.3 is 14.8 Å². The Morgan fingerprint density at radius 2 is 1.89 bits per heavy atom. The summed E-state index contributed by atoms with van der Waals surface area (Å²) in [7, 11) is 0. The Hall–Kier alpha value is -3.29. The summed E-state index contributed by atoms with van der Waals surface area (Å²) < 4.78 is 11.7. The van der Waals surface area contributed by atoms with E-state index >= 15 is 0 Å². The molecular formula is C20H16BrN3O3. The Bertz CT molecular complexity index is 925. The number of rotatable bonds is 7. The van der Waals surface area contributed by atoms with Crippen molar-refractivity contribution in [3.05, 3.63) is 58.1 Å². The maximum Gasteiger partial charge on any atom is 0.266 e. The SMILES string of the molecule is CCOc1cc(/C=C(/C#N)C(=O)Nc2ccc(Br)cc2)ccc1OCC#N. The van der Waals surface area contributed by atoms with Crippen molar-refractivity contribution in [2.45, 2.75) is 6.92 Å². The molecule has 0 spiro atoms. The van der Waals surface area contributed by atoms with Gasteiger partial charge in [0.25, 0.3) is 5.91 Å². The first-order chi connectivity index (χ1) is 13.1. The summed E-state index contributed by atoms with van der Waals surface area (Å²) in [5.41, 5.74) is 1.14.